The third kappa shape index (κ3) is 18.8. The van der Waals surface area contributed by atoms with Crippen molar-refractivity contribution < 1.29 is 77.7 Å². The average molecular weight is 1130 g/mol. The number of nitrogens with zero attached hydrogens (tertiary/aromatic N) is 2. The Morgan fingerprint density at radius 3 is 2.15 bits per heavy atom. The summed E-state index contributed by atoms with van der Waals surface area (Å²) in [6, 6.07) is 14.6. The van der Waals surface area contributed by atoms with E-state index in [2.05, 4.69) is 10.6 Å². The normalized spacial score (nSPS) is 17.6. The summed E-state index contributed by atoms with van der Waals surface area (Å²) in [5, 5.41) is 5.03. The van der Waals surface area contributed by atoms with Crippen LogP contribution < -0.4 is 24.8 Å². The van der Waals surface area contributed by atoms with Gasteiger partial charge in [0.1, 0.15) is 36.3 Å². The van der Waals surface area contributed by atoms with E-state index in [0.29, 0.717) is 150 Å². The number of ether oxygens (including phenoxy) is 7. The number of amides is 5. The van der Waals surface area contributed by atoms with Crippen LogP contribution >= 0.6 is 0 Å². The molecule has 0 saturated carbocycles. The van der Waals surface area contributed by atoms with E-state index in [-0.39, 0.29) is 69.3 Å². The molecule has 3 aromatic rings. The molecule has 0 aliphatic carbocycles. The Hall–Kier alpha value is -7.03. The molecule has 0 radical (unpaired) electrons. The predicted molar refractivity (Wildman–Crippen MR) is 298 cm³/mol. The van der Waals surface area contributed by atoms with Gasteiger partial charge in [0, 0.05) is 74.1 Å². The Balaban J connectivity index is 0.822. The summed E-state index contributed by atoms with van der Waals surface area (Å²) < 4.78 is 48.5. The second-order valence-electron chi connectivity index (χ2n) is 21.0. The number of aryl methyl sites for hydroxylation is 1. The first kappa shape index (κ1) is 61.6. The molecule has 2 fully saturated rings. The van der Waals surface area contributed by atoms with Gasteiger partial charge in [-0.05, 0) is 118 Å². The van der Waals surface area contributed by atoms with Crippen molar-refractivity contribution >= 4 is 58.5 Å². The van der Waals surface area contributed by atoms with Gasteiger partial charge >= 0.3 is 5.97 Å². The lowest BCUT2D eigenvalue weighted by atomic mass is 9.84. The number of Topliss-reactive ketones (excluding diaryl/α,β-unsaturated/α-hetero) is 3. The minimum Gasteiger partial charge on any atom is -0.493 e. The number of imide groups is 1. The Bertz CT molecular complexity index is 2750. The Morgan fingerprint density at radius 2 is 1.46 bits per heavy atom. The van der Waals surface area contributed by atoms with Crippen molar-refractivity contribution in [2.45, 2.75) is 148 Å². The molecule has 6 rings (SSSR count). The number of hydrogen-bond donors (Lipinski definition) is 2. The lowest BCUT2D eigenvalue weighted by Crippen LogP contribution is -2.53. The van der Waals surface area contributed by atoms with Crippen molar-refractivity contribution in [2.24, 2.45) is 5.41 Å². The summed E-state index contributed by atoms with van der Waals surface area (Å²) in [5.74, 6) is -2.69. The molecule has 0 bridgehead atoms. The number of piperidine rings is 2. The molecule has 2 N–H and O–H groups in total. The summed E-state index contributed by atoms with van der Waals surface area (Å²) in [6.45, 7) is 7.74. The SMILES string of the molecule is [2H]C1(N2Cc3c(OCC(=O)CCCCOCCOCCOCCCCC(=O)CCC(=O)Nc4cccc(C(CCc5ccc(OC)c(OC)c5)OC(=O)C5CCCCN5C(=O)C(=O)C(C)(C)CC)c4)cccc3C2=O)CCC(=O)NC1=O. The lowest BCUT2D eigenvalue weighted by molar-refractivity contribution is -0.164. The first-order valence-electron chi connectivity index (χ1n) is 28.7. The molecule has 3 aliphatic rings. The van der Waals surface area contributed by atoms with Crippen LogP contribution in [0.1, 0.15) is 152 Å². The molecular weight excluding hydrogens is 1040 g/mol. The highest BCUT2D eigenvalue weighted by atomic mass is 16.6. The van der Waals surface area contributed by atoms with Crippen molar-refractivity contribution in [3.8, 4) is 17.2 Å². The smallest absolute Gasteiger partial charge is 0.329 e. The summed E-state index contributed by atoms with van der Waals surface area (Å²) in [5.41, 5.74) is 1.90. The van der Waals surface area contributed by atoms with Crippen LogP contribution in [0.3, 0.4) is 0 Å². The number of unbranched alkanes of at least 4 members (excludes halogenated alkanes) is 2. The van der Waals surface area contributed by atoms with E-state index in [4.69, 9.17) is 34.5 Å². The number of fused-ring (bicyclic) bond motifs is 1. The number of benzene rings is 3. The van der Waals surface area contributed by atoms with Crippen molar-refractivity contribution in [3.05, 3.63) is 82.9 Å². The fraction of sp³-hybridized carbons (Fsp3) is 0.557. The summed E-state index contributed by atoms with van der Waals surface area (Å²) >= 11 is 0. The highest BCUT2D eigenvalue weighted by molar-refractivity contribution is 6.38. The van der Waals surface area contributed by atoms with Gasteiger partial charge in [0.2, 0.25) is 23.5 Å². The number of ketones is 3. The molecule has 3 aliphatic heterocycles. The number of methoxy groups -OCH3 is 2. The molecule has 0 aromatic heterocycles. The van der Waals surface area contributed by atoms with Gasteiger partial charge in [-0.25, -0.2) is 4.79 Å². The molecule has 3 unspecified atom stereocenters. The molecule has 3 heterocycles. The van der Waals surface area contributed by atoms with Gasteiger partial charge < -0.3 is 48.3 Å². The maximum absolute atomic E-state index is 14.1. The third-order valence-corrected chi connectivity index (χ3v) is 14.8. The van der Waals surface area contributed by atoms with Crippen LogP contribution in [0.5, 0.6) is 17.2 Å². The number of carbonyl (C=O) groups excluding carboxylic acids is 9. The number of nitrogens with one attached hydrogen (secondary N) is 2. The van der Waals surface area contributed by atoms with E-state index in [9.17, 15) is 43.2 Å². The highest BCUT2D eigenvalue weighted by Gasteiger charge is 2.42. The van der Waals surface area contributed by atoms with Crippen molar-refractivity contribution in [2.75, 3.05) is 72.3 Å². The molecule has 20 nitrogen and oxygen atoms in total. The van der Waals surface area contributed by atoms with E-state index in [1.807, 2.05) is 19.1 Å². The first-order chi connectivity index (χ1) is 39.4. The van der Waals surface area contributed by atoms with Gasteiger partial charge in [-0.1, -0.05) is 45.0 Å². The molecular formula is C61H80N4O16. The molecule has 2 saturated heterocycles. The summed E-state index contributed by atoms with van der Waals surface area (Å²) in [6.07, 6.45) is 5.24. The standard InChI is InChI=1S/C61H80N4O16/c1-6-61(2,3)56(70)59(73)64-30-10-7-20-49(64)60(74)81-50(26-22-41-23-27-52(75-4)53(37-41)76-5)42-15-13-16-43(38-42)62-54(68)28-24-44(66)17-8-11-31-77-33-35-79-36-34-78-32-12-9-18-45(67)40-80-51-21-14-19-46-47(51)39-65(58(46)72)48-25-29-55(69)63-57(48)71/h13-16,19,21,23,27,37-38,48-50H,6-12,17-18,20,22,24-26,28-36,39-40H2,1-5H3,(H,62,68)(H,63,69,71)/i48D. The Labute approximate surface area is 475 Å². The number of carbonyl (C=O) groups is 9. The van der Waals surface area contributed by atoms with Gasteiger partial charge in [-0.2, -0.15) is 0 Å². The van der Waals surface area contributed by atoms with Crippen LogP contribution in [0, 0.1) is 5.41 Å². The van der Waals surface area contributed by atoms with E-state index < -0.39 is 59.0 Å². The number of anilines is 1. The minimum absolute atomic E-state index is 0.0117. The zero-order chi connectivity index (χ0) is 59.2. The topological polar surface area (TPSA) is 249 Å². The second-order valence-corrected chi connectivity index (χ2v) is 21.0. The molecule has 5 amide bonds. The molecule has 3 atom stereocenters. The lowest BCUT2D eigenvalue weighted by Gasteiger charge is -2.36. The van der Waals surface area contributed by atoms with Crippen LogP contribution in [0.25, 0.3) is 0 Å². The van der Waals surface area contributed by atoms with Crippen molar-refractivity contribution in [1.82, 2.24) is 15.1 Å². The van der Waals surface area contributed by atoms with Crippen LogP contribution in [0.15, 0.2) is 60.7 Å². The molecule has 20 heteroatoms. The first-order valence-corrected chi connectivity index (χ1v) is 28.2. The molecule has 81 heavy (non-hydrogen) atoms. The Kier molecular flexibility index (Phi) is 24.2. The van der Waals surface area contributed by atoms with E-state index >= 15 is 0 Å². The highest BCUT2D eigenvalue weighted by Crippen LogP contribution is 2.35. The fourth-order valence-electron chi connectivity index (χ4n) is 9.61. The van der Waals surface area contributed by atoms with Gasteiger partial charge in [0.15, 0.2) is 17.3 Å². The van der Waals surface area contributed by atoms with Gasteiger partial charge in [0.05, 0.1) is 48.6 Å². The van der Waals surface area contributed by atoms with E-state index in [1.54, 1.807) is 76.6 Å². The number of likely N-dealkylation sites (tertiary alicyclic amines) is 1. The predicted octanol–water partition coefficient (Wildman–Crippen LogP) is 7.39. The molecule has 3 aromatic carbocycles. The maximum Gasteiger partial charge on any atom is 0.329 e. The minimum atomic E-state index is -1.92. The third-order valence-electron chi connectivity index (χ3n) is 14.8. The van der Waals surface area contributed by atoms with Crippen LogP contribution in [-0.2, 0) is 70.3 Å². The van der Waals surface area contributed by atoms with Crippen LogP contribution in [0.2, 0.25) is 0 Å². The summed E-state index contributed by atoms with van der Waals surface area (Å²) in [4.78, 5) is 119. The van der Waals surface area contributed by atoms with Crippen molar-refractivity contribution in [1.29, 1.82) is 0 Å². The number of rotatable bonds is 35. The quantitative estimate of drug-likeness (QED) is 0.0252. The zero-order valence-corrected chi connectivity index (χ0v) is 47.5. The van der Waals surface area contributed by atoms with E-state index in [0.717, 1.165) is 10.5 Å². The van der Waals surface area contributed by atoms with Gasteiger partial charge in [-0.15, -0.1) is 0 Å². The maximum atomic E-state index is 14.1. The molecule has 0 spiro atoms. The second kappa shape index (κ2) is 31.8. The zero-order valence-electron chi connectivity index (χ0n) is 48.5. The molecule has 440 valence electrons. The number of hydrogen-bond acceptors (Lipinski definition) is 16. The average Bonchev–Trinajstić information content (AvgIpc) is 4.03. The fourth-order valence-corrected chi connectivity index (χ4v) is 9.61. The van der Waals surface area contributed by atoms with Crippen molar-refractivity contribution in [3.63, 3.8) is 0 Å². The van der Waals surface area contributed by atoms with Gasteiger partial charge in [0.25, 0.3) is 11.8 Å². The van der Waals surface area contributed by atoms with Crippen LogP contribution in [-0.4, -0.2) is 142 Å². The Morgan fingerprint density at radius 1 is 0.765 bits per heavy atom. The summed E-state index contributed by atoms with van der Waals surface area (Å²) in [7, 11) is 3.11. The number of esters is 1. The van der Waals surface area contributed by atoms with Crippen LogP contribution in [0.4, 0.5) is 5.69 Å². The van der Waals surface area contributed by atoms with Gasteiger partial charge in [-0.3, -0.25) is 43.7 Å². The largest absolute Gasteiger partial charge is 0.493 e. The van der Waals surface area contributed by atoms with E-state index in [1.165, 1.54) is 4.90 Å². The monoisotopic (exact) mass is 1130 g/mol.